The van der Waals surface area contributed by atoms with E-state index in [4.69, 9.17) is 4.74 Å². The molecule has 24 heavy (non-hydrogen) atoms. The molecule has 0 saturated heterocycles. The highest BCUT2D eigenvalue weighted by atomic mass is 32.1. The van der Waals surface area contributed by atoms with Crippen LogP contribution >= 0.6 is 11.3 Å². The summed E-state index contributed by atoms with van der Waals surface area (Å²) in [6, 6.07) is 4.67. The molecule has 0 aliphatic carbocycles. The van der Waals surface area contributed by atoms with Crippen LogP contribution in [0, 0.1) is 26.6 Å². The van der Waals surface area contributed by atoms with Crippen LogP contribution in [0.3, 0.4) is 0 Å². The summed E-state index contributed by atoms with van der Waals surface area (Å²) >= 11 is 1.32. The lowest BCUT2D eigenvalue weighted by Gasteiger charge is -2.09. The van der Waals surface area contributed by atoms with E-state index in [2.05, 4.69) is 10.6 Å². The second-order valence-corrected chi connectivity index (χ2v) is 6.57. The number of halogens is 1. The quantitative estimate of drug-likeness (QED) is 0.808. The highest BCUT2D eigenvalue weighted by Crippen LogP contribution is 2.32. The highest BCUT2D eigenvalue weighted by molar-refractivity contribution is 7.16. The average molecular weight is 350 g/mol. The fourth-order valence-corrected chi connectivity index (χ4v) is 3.18. The molecule has 1 aromatic heterocycles. The second-order valence-electron chi connectivity index (χ2n) is 5.34. The number of hydrogen-bond acceptors (Lipinski definition) is 5. The molecule has 0 spiro atoms. The standard InChI is InChI=1S/C17H19FN2O3S/c1-9-5-6-12(7-13(9)18)19-8-14(21)20-16-15(17(22)23-4)10(2)11(3)24-16/h5-7,19H,8H2,1-4H3,(H,20,21). The third kappa shape index (κ3) is 3.91. The second kappa shape index (κ2) is 7.44. The topological polar surface area (TPSA) is 67.4 Å². The monoisotopic (exact) mass is 350 g/mol. The maximum Gasteiger partial charge on any atom is 0.341 e. The zero-order valence-corrected chi connectivity index (χ0v) is 14.8. The van der Waals surface area contributed by atoms with Gasteiger partial charge >= 0.3 is 5.97 Å². The van der Waals surface area contributed by atoms with E-state index in [1.54, 1.807) is 26.0 Å². The van der Waals surface area contributed by atoms with Gasteiger partial charge in [-0.25, -0.2) is 9.18 Å². The Kier molecular flexibility index (Phi) is 5.56. The van der Waals surface area contributed by atoms with Crippen molar-refractivity contribution in [1.29, 1.82) is 0 Å². The maximum absolute atomic E-state index is 13.5. The van der Waals surface area contributed by atoms with E-state index in [0.717, 1.165) is 10.4 Å². The molecule has 2 aromatic rings. The van der Waals surface area contributed by atoms with Gasteiger partial charge in [0.15, 0.2) is 0 Å². The summed E-state index contributed by atoms with van der Waals surface area (Å²) in [5.74, 6) is -1.15. The fourth-order valence-electron chi connectivity index (χ4n) is 2.12. The van der Waals surface area contributed by atoms with E-state index in [-0.39, 0.29) is 18.3 Å². The SMILES string of the molecule is COC(=O)c1c(NC(=O)CNc2ccc(C)c(F)c2)sc(C)c1C. The number of aryl methyl sites for hydroxylation is 2. The van der Waals surface area contributed by atoms with Crippen molar-refractivity contribution in [2.75, 3.05) is 24.3 Å². The summed E-state index contributed by atoms with van der Waals surface area (Å²) in [5, 5.41) is 6.02. The predicted octanol–water partition coefficient (Wildman–Crippen LogP) is 3.65. The number of ether oxygens (including phenoxy) is 1. The first kappa shape index (κ1) is 17.9. The molecule has 0 atom stereocenters. The van der Waals surface area contributed by atoms with Crippen molar-refractivity contribution in [3.8, 4) is 0 Å². The number of amides is 1. The molecule has 0 saturated carbocycles. The third-order valence-electron chi connectivity index (χ3n) is 3.65. The molecule has 1 amide bonds. The predicted molar refractivity (Wildman–Crippen MR) is 93.4 cm³/mol. The Morgan fingerprint density at radius 1 is 1.25 bits per heavy atom. The maximum atomic E-state index is 13.5. The number of methoxy groups -OCH3 is 1. The van der Waals surface area contributed by atoms with Gasteiger partial charge in [0.2, 0.25) is 5.91 Å². The summed E-state index contributed by atoms with van der Waals surface area (Å²) in [6.45, 7) is 5.30. The number of carbonyl (C=O) groups excluding carboxylic acids is 2. The van der Waals surface area contributed by atoms with Crippen LogP contribution in [0.5, 0.6) is 0 Å². The van der Waals surface area contributed by atoms with Crippen molar-refractivity contribution >= 4 is 33.9 Å². The lowest BCUT2D eigenvalue weighted by atomic mass is 10.1. The van der Waals surface area contributed by atoms with E-state index >= 15 is 0 Å². The van der Waals surface area contributed by atoms with Crippen molar-refractivity contribution < 1.29 is 18.7 Å². The van der Waals surface area contributed by atoms with Crippen molar-refractivity contribution in [3.05, 3.63) is 45.6 Å². The van der Waals surface area contributed by atoms with Crippen molar-refractivity contribution in [2.24, 2.45) is 0 Å². The normalized spacial score (nSPS) is 10.4. The molecular formula is C17H19FN2O3S. The Hall–Kier alpha value is -2.41. The van der Waals surface area contributed by atoms with E-state index in [0.29, 0.717) is 21.8 Å². The van der Waals surface area contributed by atoms with Crippen LogP contribution in [0.1, 0.15) is 26.4 Å². The molecule has 0 radical (unpaired) electrons. The summed E-state index contributed by atoms with van der Waals surface area (Å²) < 4.78 is 18.3. The van der Waals surface area contributed by atoms with Gasteiger partial charge in [-0.3, -0.25) is 4.79 Å². The van der Waals surface area contributed by atoms with Crippen LogP contribution < -0.4 is 10.6 Å². The number of rotatable bonds is 5. The number of nitrogens with one attached hydrogen (secondary N) is 2. The Morgan fingerprint density at radius 3 is 2.58 bits per heavy atom. The summed E-state index contributed by atoms with van der Waals surface area (Å²) in [5.41, 5.74) is 2.21. The van der Waals surface area contributed by atoms with Crippen molar-refractivity contribution in [2.45, 2.75) is 20.8 Å². The van der Waals surface area contributed by atoms with E-state index in [1.807, 2.05) is 6.92 Å². The first-order valence-electron chi connectivity index (χ1n) is 7.31. The summed E-state index contributed by atoms with van der Waals surface area (Å²) in [6.07, 6.45) is 0. The smallest absolute Gasteiger partial charge is 0.341 e. The van der Waals surface area contributed by atoms with Gasteiger partial charge in [-0.15, -0.1) is 11.3 Å². The van der Waals surface area contributed by atoms with E-state index < -0.39 is 5.97 Å². The first-order chi connectivity index (χ1) is 11.3. The molecular weight excluding hydrogens is 331 g/mol. The zero-order valence-electron chi connectivity index (χ0n) is 14.0. The number of benzene rings is 1. The molecule has 2 N–H and O–H groups in total. The van der Waals surface area contributed by atoms with Gasteiger partial charge in [0.1, 0.15) is 10.8 Å². The minimum atomic E-state index is -0.485. The highest BCUT2D eigenvalue weighted by Gasteiger charge is 2.21. The number of carbonyl (C=O) groups is 2. The van der Waals surface area contributed by atoms with E-state index in [1.165, 1.54) is 24.5 Å². The van der Waals surface area contributed by atoms with Gasteiger partial charge in [-0.05, 0) is 44.0 Å². The van der Waals surface area contributed by atoms with Crippen LogP contribution in [-0.4, -0.2) is 25.5 Å². The van der Waals surface area contributed by atoms with Gasteiger partial charge in [0.05, 0.1) is 19.2 Å². The van der Waals surface area contributed by atoms with Crippen LogP contribution in [0.25, 0.3) is 0 Å². The van der Waals surface area contributed by atoms with Gasteiger partial charge in [-0.1, -0.05) is 6.07 Å². The van der Waals surface area contributed by atoms with Crippen LogP contribution in [0.15, 0.2) is 18.2 Å². The molecule has 128 valence electrons. The molecule has 0 unspecified atom stereocenters. The van der Waals surface area contributed by atoms with Gasteiger partial charge in [-0.2, -0.15) is 0 Å². The van der Waals surface area contributed by atoms with Crippen molar-refractivity contribution in [1.82, 2.24) is 0 Å². The number of esters is 1. The molecule has 0 fully saturated rings. The largest absolute Gasteiger partial charge is 0.465 e. The first-order valence-corrected chi connectivity index (χ1v) is 8.13. The third-order valence-corrected chi connectivity index (χ3v) is 4.78. The van der Waals surface area contributed by atoms with Crippen LogP contribution in [0.4, 0.5) is 15.1 Å². The minimum absolute atomic E-state index is 0.0426. The Labute approximate surface area is 143 Å². The summed E-state index contributed by atoms with van der Waals surface area (Å²) in [7, 11) is 1.30. The number of thiophene rings is 1. The number of anilines is 2. The lowest BCUT2D eigenvalue weighted by molar-refractivity contribution is -0.114. The van der Waals surface area contributed by atoms with Crippen LogP contribution in [0.2, 0.25) is 0 Å². The Bertz CT molecular complexity index is 786. The van der Waals surface area contributed by atoms with E-state index in [9.17, 15) is 14.0 Å². The van der Waals surface area contributed by atoms with Crippen molar-refractivity contribution in [3.63, 3.8) is 0 Å². The van der Waals surface area contributed by atoms with Gasteiger partial charge in [0, 0.05) is 10.6 Å². The molecule has 0 bridgehead atoms. The lowest BCUT2D eigenvalue weighted by Crippen LogP contribution is -2.22. The Balaban J connectivity index is 2.06. The van der Waals surface area contributed by atoms with Gasteiger partial charge in [0.25, 0.3) is 0 Å². The molecule has 2 rings (SSSR count). The number of hydrogen-bond donors (Lipinski definition) is 2. The molecule has 0 aliphatic rings. The zero-order chi connectivity index (χ0) is 17.9. The molecule has 1 heterocycles. The molecule has 0 aliphatic heterocycles. The van der Waals surface area contributed by atoms with Gasteiger partial charge < -0.3 is 15.4 Å². The summed E-state index contributed by atoms with van der Waals surface area (Å²) in [4.78, 5) is 24.9. The molecule has 1 aromatic carbocycles. The van der Waals surface area contributed by atoms with Crippen LogP contribution in [-0.2, 0) is 9.53 Å². The molecule has 7 heteroatoms. The Morgan fingerprint density at radius 2 is 1.96 bits per heavy atom. The minimum Gasteiger partial charge on any atom is -0.465 e. The average Bonchev–Trinajstić information content (AvgIpc) is 2.82. The fraction of sp³-hybridized carbons (Fsp3) is 0.294. The molecule has 5 nitrogen and oxygen atoms in total.